The summed E-state index contributed by atoms with van der Waals surface area (Å²) in [6, 6.07) is 7.81. The average molecular weight is 341 g/mol. The van der Waals surface area contributed by atoms with Crippen molar-refractivity contribution in [2.24, 2.45) is 5.73 Å². The molecule has 120 valence electrons. The fourth-order valence-corrected chi connectivity index (χ4v) is 3.44. The number of piperazine rings is 1. The van der Waals surface area contributed by atoms with Crippen LogP contribution in [-0.2, 0) is 0 Å². The standard InChI is InChI=1S/C15H21ClN4OS/c16-12-3-1-11(2-4-12)13-9-19(10-14(13)17)15(21)18-5-7-20(22)8-6-18/h1-4,13-14,22H,5-10,17H2/t13-,14+/m0/s1. The van der Waals surface area contributed by atoms with E-state index in [0.29, 0.717) is 18.1 Å². The Morgan fingerprint density at radius 3 is 2.36 bits per heavy atom. The molecule has 7 heteroatoms. The number of thiol groups is 1. The van der Waals surface area contributed by atoms with Crippen molar-refractivity contribution in [2.45, 2.75) is 12.0 Å². The molecule has 2 atom stereocenters. The first-order valence-corrected chi connectivity index (χ1v) is 8.31. The number of benzene rings is 1. The quantitative estimate of drug-likeness (QED) is 0.764. The van der Waals surface area contributed by atoms with Crippen LogP contribution >= 0.6 is 24.4 Å². The largest absolute Gasteiger partial charge is 0.326 e. The van der Waals surface area contributed by atoms with E-state index in [1.807, 2.05) is 38.4 Å². The fraction of sp³-hybridized carbons (Fsp3) is 0.533. The Bertz CT molecular complexity index is 533. The zero-order valence-corrected chi connectivity index (χ0v) is 14.0. The van der Waals surface area contributed by atoms with Crippen LogP contribution in [0.15, 0.2) is 24.3 Å². The third-order valence-corrected chi connectivity index (χ3v) is 5.11. The Labute approximate surface area is 141 Å². The maximum atomic E-state index is 12.6. The molecular weight excluding hydrogens is 320 g/mol. The Hall–Kier alpha value is -0.950. The maximum absolute atomic E-state index is 12.6. The highest BCUT2D eigenvalue weighted by Gasteiger charge is 2.36. The SMILES string of the molecule is N[C@@H]1CN(C(=O)N2CCN(S)CC2)C[C@H]1c1ccc(Cl)cc1. The van der Waals surface area contributed by atoms with E-state index >= 15 is 0 Å². The first-order chi connectivity index (χ1) is 10.5. The molecule has 5 nitrogen and oxygen atoms in total. The summed E-state index contributed by atoms with van der Waals surface area (Å²) in [5.74, 6) is 0.174. The van der Waals surface area contributed by atoms with Gasteiger partial charge in [-0.2, -0.15) is 0 Å². The summed E-state index contributed by atoms with van der Waals surface area (Å²) in [7, 11) is 0. The van der Waals surface area contributed by atoms with E-state index in [0.717, 1.165) is 31.7 Å². The average Bonchev–Trinajstić information content (AvgIpc) is 2.90. The van der Waals surface area contributed by atoms with Gasteiger partial charge in [0.25, 0.3) is 0 Å². The normalized spacial score (nSPS) is 26.5. The topological polar surface area (TPSA) is 52.8 Å². The number of likely N-dealkylation sites (tertiary alicyclic amines) is 1. The van der Waals surface area contributed by atoms with Crippen LogP contribution in [0.2, 0.25) is 5.02 Å². The molecule has 3 rings (SSSR count). The molecule has 0 aliphatic carbocycles. The Morgan fingerprint density at radius 1 is 1.09 bits per heavy atom. The van der Waals surface area contributed by atoms with E-state index in [1.165, 1.54) is 0 Å². The van der Waals surface area contributed by atoms with E-state index in [9.17, 15) is 4.79 Å². The number of carbonyl (C=O) groups excluding carboxylic acids is 1. The molecule has 0 saturated carbocycles. The molecule has 0 aromatic heterocycles. The molecule has 2 saturated heterocycles. The smallest absolute Gasteiger partial charge is 0.320 e. The summed E-state index contributed by atoms with van der Waals surface area (Å²) in [5, 5.41) is 0.716. The van der Waals surface area contributed by atoms with Crippen LogP contribution in [0.5, 0.6) is 0 Å². The number of carbonyl (C=O) groups is 1. The van der Waals surface area contributed by atoms with E-state index < -0.39 is 0 Å². The molecule has 2 aliphatic heterocycles. The minimum absolute atomic E-state index is 0.0312. The lowest BCUT2D eigenvalue weighted by Gasteiger charge is -2.34. The predicted octanol–water partition coefficient (Wildman–Crippen LogP) is 1.65. The third kappa shape index (κ3) is 3.35. The molecule has 0 bridgehead atoms. The number of hydrogen-bond acceptors (Lipinski definition) is 4. The highest BCUT2D eigenvalue weighted by Crippen LogP contribution is 2.28. The summed E-state index contributed by atoms with van der Waals surface area (Å²) in [6.07, 6.45) is 0. The first kappa shape index (κ1) is 15.9. The van der Waals surface area contributed by atoms with Crippen LogP contribution in [0.25, 0.3) is 0 Å². The lowest BCUT2D eigenvalue weighted by Crippen LogP contribution is -2.50. The van der Waals surface area contributed by atoms with Gasteiger partial charge in [0.2, 0.25) is 0 Å². The molecule has 0 radical (unpaired) electrons. The van der Waals surface area contributed by atoms with Crippen LogP contribution < -0.4 is 5.73 Å². The molecule has 2 fully saturated rings. The highest BCUT2D eigenvalue weighted by atomic mass is 35.5. The number of urea groups is 1. The zero-order chi connectivity index (χ0) is 15.7. The number of hydrogen-bond donors (Lipinski definition) is 2. The minimum atomic E-state index is -0.0312. The van der Waals surface area contributed by atoms with Gasteiger partial charge < -0.3 is 15.5 Å². The summed E-state index contributed by atoms with van der Waals surface area (Å²) in [4.78, 5) is 16.4. The Kier molecular flexibility index (Phi) is 4.82. The lowest BCUT2D eigenvalue weighted by molar-refractivity contribution is 0.144. The van der Waals surface area contributed by atoms with Gasteiger partial charge in [0.05, 0.1) is 0 Å². The van der Waals surface area contributed by atoms with Crippen LogP contribution in [0.1, 0.15) is 11.5 Å². The number of halogens is 1. The molecular formula is C15H21ClN4OS. The summed E-state index contributed by atoms with van der Waals surface area (Å²) >= 11 is 10.3. The number of rotatable bonds is 1. The van der Waals surface area contributed by atoms with Crippen molar-refractivity contribution >= 4 is 30.4 Å². The molecule has 1 aromatic rings. The molecule has 2 N–H and O–H groups in total. The van der Waals surface area contributed by atoms with Crippen molar-refractivity contribution in [1.82, 2.24) is 14.1 Å². The van der Waals surface area contributed by atoms with Gasteiger partial charge >= 0.3 is 6.03 Å². The van der Waals surface area contributed by atoms with E-state index in [4.69, 9.17) is 17.3 Å². The van der Waals surface area contributed by atoms with Crippen LogP contribution in [-0.4, -0.2) is 65.4 Å². The van der Waals surface area contributed by atoms with Gasteiger partial charge in [-0.25, -0.2) is 9.10 Å². The number of amides is 2. The lowest BCUT2D eigenvalue weighted by atomic mass is 9.95. The monoisotopic (exact) mass is 340 g/mol. The van der Waals surface area contributed by atoms with Crippen molar-refractivity contribution in [1.29, 1.82) is 0 Å². The van der Waals surface area contributed by atoms with Crippen molar-refractivity contribution in [3.63, 3.8) is 0 Å². The summed E-state index contributed by atoms with van der Waals surface area (Å²) in [5.41, 5.74) is 7.41. The summed E-state index contributed by atoms with van der Waals surface area (Å²) < 4.78 is 1.94. The van der Waals surface area contributed by atoms with Gasteiger partial charge in [-0.1, -0.05) is 36.5 Å². The van der Waals surface area contributed by atoms with Gasteiger partial charge in [-0.3, -0.25) is 0 Å². The van der Waals surface area contributed by atoms with Crippen LogP contribution in [0, 0.1) is 0 Å². The predicted molar refractivity (Wildman–Crippen MR) is 91.3 cm³/mol. The van der Waals surface area contributed by atoms with Crippen LogP contribution in [0.4, 0.5) is 4.79 Å². The molecule has 1 aromatic carbocycles. The van der Waals surface area contributed by atoms with E-state index in [-0.39, 0.29) is 18.0 Å². The van der Waals surface area contributed by atoms with Crippen molar-refractivity contribution < 1.29 is 4.79 Å². The third-order valence-electron chi connectivity index (χ3n) is 4.46. The zero-order valence-electron chi connectivity index (χ0n) is 12.4. The van der Waals surface area contributed by atoms with Crippen molar-refractivity contribution in [3.05, 3.63) is 34.9 Å². The minimum Gasteiger partial charge on any atom is -0.326 e. The number of nitrogens with two attached hydrogens (primary N) is 1. The molecule has 2 aliphatic rings. The molecule has 0 unspecified atom stereocenters. The fourth-order valence-electron chi connectivity index (χ4n) is 3.14. The van der Waals surface area contributed by atoms with Crippen LogP contribution in [0.3, 0.4) is 0 Å². The molecule has 2 heterocycles. The van der Waals surface area contributed by atoms with E-state index in [2.05, 4.69) is 12.8 Å². The summed E-state index contributed by atoms with van der Waals surface area (Å²) in [6.45, 7) is 4.32. The second-order valence-electron chi connectivity index (χ2n) is 5.95. The Balaban J connectivity index is 1.65. The van der Waals surface area contributed by atoms with Gasteiger partial charge in [0.15, 0.2) is 0 Å². The second-order valence-corrected chi connectivity index (χ2v) is 6.95. The van der Waals surface area contributed by atoms with Crippen molar-refractivity contribution in [3.8, 4) is 0 Å². The highest BCUT2D eigenvalue weighted by molar-refractivity contribution is 7.77. The molecule has 0 spiro atoms. The molecule has 22 heavy (non-hydrogen) atoms. The Morgan fingerprint density at radius 2 is 1.73 bits per heavy atom. The molecule has 2 amide bonds. The van der Waals surface area contributed by atoms with E-state index in [1.54, 1.807) is 0 Å². The van der Waals surface area contributed by atoms with Crippen molar-refractivity contribution in [2.75, 3.05) is 39.3 Å². The number of nitrogens with zero attached hydrogens (tertiary/aromatic N) is 3. The van der Waals surface area contributed by atoms with Gasteiger partial charge in [-0.15, -0.1) is 0 Å². The van der Waals surface area contributed by atoms with Gasteiger partial charge in [0, 0.05) is 56.3 Å². The first-order valence-electron chi connectivity index (χ1n) is 7.53. The van der Waals surface area contributed by atoms with Gasteiger partial charge in [-0.05, 0) is 17.7 Å². The maximum Gasteiger partial charge on any atom is 0.320 e. The second kappa shape index (κ2) is 6.66. The van der Waals surface area contributed by atoms with Gasteiger partial charge in [0.1, 0.15) is 0 Å².